The Kier molecular flexibility index (Phi) is 6.11. The lowest BCUT2D eigenvalue weighted by Gasteiger charge is -2.23. The van der Waals surface area contributed by atoms with E-state index < -0.39 is 0 Å². The van der Waals surface area contributed by atoms with Gasteiger partial charge in [0.05, 0.1) is 5.92 Å². The van der Waals surface area contributed by atoms with Crippen molar-refractivity contribution in [2.75, 3.05) is 24.5 Å². The highest BCUT2D eigenvalue weighted by molar-refractivity contribution is 5.95. The van der Waals surface area contributed by atoms with Crippen molar-refractivity contribution in [3.8, 4) is 0 Å². The number of benzene rings is 1. The van der Waals surface area contributed by atoms with Crippen molar-refractivity contribution in [2.45, 2.75) is 45.2 Å². The van der Waals surface area contributed by atoms with Gasteiger partial charge in [0.15, 0.2) is 0 Å². The molecule has 2 heterocycles. The molecule has 0 bridgehead atoms. The zero-order chi connectivity index (χ0) is 19.4. The van der Waals surface area contributed by atoms with Crippen LogP contribution < -0.4 is 16.0 Å². The van der Waals surface area contributed by atoms with E-state index in [1.165, 1.54) is 6.92 Å². The van der Waals surface area contributed by atoms with Gasteiger partial charge in [-0.15, -0.1) is 0 Å². The molecule has 2 saturated heterocycles. The first-order valence-corrected chi connectivity index (χ1v) is 9.62. The fourth-order valence-corrected chi connectivity index (χ4v) is 3.74. The number of nitrogens with two attached hydrogens (primary N) is 1. The molecule has 2 aliphatic heterocycles. The topological polar surface area (TPSA) is 95.7 Å². The molecule has 7 nitrogen and oxygen atoms in total. The van der Waals surface area contributed by atoms with E-state index in [4.69, 9.17) is 5.73 Å². The highest BCUT2D eigenvalue weighted by Crippen LogP contribution is 2.22. The molecule has 0 unspecified atom stereocenters. The molecule has 146 valence electrons. The number of anilines is 1. The van der Waals surface area contributed by atoms with E-state index in [0.29, 0.717) is 32.5 Å². The van der Waals surface area contributed by atoms with Crippen molar-refractivity contribution in [3.63, 3.8) is 0 Å². The first-order valence-electron chi connectivity index (χ1n) is 9.62. The second-order valence-electron chi connectivity index (χ2n) is 7.49. The van der Waals surface area contributed by atoms with Gasteiger partial charge >= 0.3 is 0 Å². The molecule has 0 radical (unpaired) electrons. The lowest BCUT2D eigenvalue weighted by Crippen LogP contribution is -2.42. The maximum absolute atomic E-state index is 12.6. The minimum atomic E-state index is -0.232. The Morgan fingerprint density at radius 1 is 1.19 bits per heavy atom. The van der Waals surface area contributed by atoms with Gasteiger partial charge in [-0.1, -0.05) is 12.1 Å². The van der Waals surface area contributed by atoms with Crippen LogP contribution in [0, 0.1) is 5.92 Å². The van der Waals surface area contributed by atoms with Gasteiger partial charge in [0.1, 0.15) is 0 Å². The third-order valence-electron chi connectivity index (χ3n) is 5.39. The van der Waals surface area contributed by atoms with Crippen molar-refractivity contribution >= 4 is 23.4 Å². The number of rotatable bonds is 4. The summed E-state index contributed by atoms with van der Waals surface area (Å²) in [5.74, 6) is -0.159. The highest BCUT2D eigenvalue weighted by Gasteiger charge is 2.28. The van der Waals surface area contributed by atoms with Crippen molar-refractivity contribution < 1.29 is 14.4 Å². The third kappa shape index (κ3) is 4.86. The Morgan fingerprint density at radius 3 is 2.56 bits per heavy atom. The van der Waals surface area contributed by atoms with E-state index in [1.54, 1.807) is 9.80 Å². The normalized spacial score (nSPS) is 23.3. The number of nitrogens with zero attached hydrogens (tertiary/aromatic N) is 2. The van der Waals surface area contributed by atoms with Crippen LogP contribution in [0.25, 0.3) is 0 Å². The first-order chi connectivity index (χ1) is 12.9. The van der Waals surface area contributed by atoms with E-state index in [-0.39, 0.29) is 29.7 Å². The Bertz CT molecular complexity index is 704. The predicted octanol–water partition coefficient (Wildman–Crippen LogP) is 1.02. The summed E-state index contributed by atoms with van der Waals surface area (Å²) in [5.41, 5.74) is 7.90. The van der Waals surface area contributed by atoms with Crippen molar-refractivity contribution in [3.05, 3.63) is 29.8 Å². The highest BCUT2D eigenvalue weighted by atomic mass is 16.2. The fraction of sp³-hybridized carbons (Fsp3) is 0.550. The number of carbonyl (C=O) groups excluding carboxylic acids is 3. The largest absolute Gasteiger partial charge is 0.352 e. The van der Waals surface area contributed by atoms with Gasteiger partial charge in [0.25, 0.3) is 0 Å². The summed E-state index contributed by atoms with van der Waals surface area (Å²) in [4.78, 5) is 39.6. The predicted molar refractivity (Wildman–Crippen MR) is 103 cm³/mol. The maximum Gasteiger partial charge on any atom is 0.227 e. The van der Waals surface area contributed by atoms with Crippen LogP contribution in [0.15, 0.2) is 24.3 Å². The zero-order valence-corrected chi connectivity index (χ0v) is 15.8. The molecule has 2 fully saturated rings. The van der Waals surface area contributed by atoms with Crippen LogP contribution in [0.4, 0.5) is 5.69 Å². The Hall–Kier alpha value is -2.41. The maximum atomic E-state index is 12.6. The molecule has 1 aromatic rings. The Morgan fingerprint density at radius 2 is 1.93 bits per heavy atom. The van der Waals surface area contributed by atoms with Crippen LogP contribution in [0.1, 0.15) is 38.2 Å². The van der Waals surface area contributed by atoms with Crippen molar-refractivity contribution in [1.29, 1.82) is 0 Å². The second-order valence-corrected chi connectivity index (χ2v) is 7.49. The molecule has 0 saturated carbocycles. The first kappa shape index (κ1) is 19.4. The minimum absolute atomic E-state index is 0.0443. The van der Waals surface area contributed by atoms with Gasteiger partial charge in [0.2, 0.25) is 17.7 Å². The minimum Gasteiger partial charge on any atom is -0.352 e. The summed E-state index contributed by atoms with van der Waals surface area (Å²) in [6.45, 7) is 3.64. The lowest BCUT2D eigenvalue weighted by molar-refractivity contribution is -0.131. The second kappa shape index (κ2) is 8.52. The standard InChI is InChI=1S/C20H28N4O3/c1-14(25)23-12-16(6-7-17(21)13-23)20(27)22-11-15-4-8-18(9-5-15)24-10-2-3-19(24)26/h4-5,8-9,16-17H,2-3,6-7,10-13,21H2,1H3,(H,22,27)/t16-,17+/m1/s1. The monoisotopic (exact) mass is 372 g/mol. The molecule has 0 aliphatic carbocycles. The Balaban J connectivity index is 1.55. The molecule has 3 N–H and O–H groups in total. The number of likely N-dealkylation sites (tertiary alicyclic amines) is 1. The average Bonchev–Trinajstić information content (AvgIpc) is 2.97. The van der Waals surface area contributed by atoms with E-state index in [0.717, 1.165) is 30.6 Å². The number of nitrogens with one attached hydrogen (secondary N) is 1. The lowest BCUT2D eigenvalue weighted by atomic mass is 10.0. The molecule has 2 aliphatic rings. The van der Waals surface area contributed by atoms with Gasteiger partial charge in [-0.2, -0.15) is 0 Å². The summed E-state index contributed by atoms with van der Waals surface area (Å²) in [6, 6.07) is 7.64. The Labute approximate surface area is 159 Å². The van der Waals surface area contributed by atoms with E-state index >= 15 is 0 Å². The molecular weight excluding hydrogens is 344 g/mol. The summed E-state index contributed by atoms with van der Waals surface area (Å²) in [6.07, 6.45) is 2.94. The number of carbonyl (C=O) groups is 3. The molecule has 3 rings (SSSR count). The van der Waals surface area contributed by atoms with Crippen LogP contribution in [0.5, 0.6) is 0 Å². The SMILES string of the molecule is CC(=O)N1C[C@@H](N)CC[C@@H](C(=O)NCc2ccc(N3CCCC3=O)cc2)C1. The van der Waals surface area contributed by atoms with Gasteiger partial charge in [-0.05, 0) is 37.0 Å². The molecule has 27 heavy (non-hydrogen) atoms. The van der Waals surface area contributed by atoms with E-state index in [2.05, 4.69) is 5.32 Å². The van der Waals surface area contributed by atoms with Crippen molar-refractivity contribution in [2.24, 2.45) is 11.7 Å². The number of hydrogen-bond acceptors (Lipinski definition) is 4. The smallest absolute Gasteiger partial charge is 0.227 e. The quantitative estimate of drug-likeness (QED) is 0.825. The third-order valence-corrected chi connectivity index (χ3v) is 5.39. The van der Waals surface area contributed by atoms with E-state index in [9.17, 15) is 14.4 Å². The summed E-state index contributed by atoms with van der Waals surface area (Å²) in [7, 11) is 0. The molecule has 7 heteroatoms. The zero-order valence-electron chi connectivity index (χ0n) is 15.8. The number of amides is 3. The molecular formula is C20H28N4O3. The molecule has 0 spiro atoms. The molecule has 1 aromatic carbocycles. The van der Waals surface area contributed by atoms with Crippen LogP contribution in [-0.2, 0) is 20.9 Å². The van der Waals surface area contributed by atoms with Crippen LogP contribution in [0.3, 0.4) is 0 Å². The van der Waals surface area contributed by atoms with Gasteiger partial charge in [-0.25, -0.2) is 0 Å². The number of hydrogen-bond donors (Lipinski definition) is 2. The van der Waals surface area contributed by atoms with Gasteiger partial charge in [-0.3, -0.25) is 14.4 Å². The fourth-order valence-electron chi connectivity index (χ4n) is 3.74. The molecule has 2 atom stereocenters. The van der Waals surface area contributed by atoms with Crippen LogP contribution in [0.2, 0.25) is 0 Å². The van der Waals surface area contributed by atoms with Crippen molar-refractivity contribution in [1.82, 2.24) is 10.2 Å². The van der Waals surface area contributed by atoms with E-state index in [1.807, 2.05) is 24.3 Å². The summed E-state index contributed by atoms with van der Waals surface area (Å²) >= 11 is 0. The average molecular weight is 372 g/mol. The van der Waals surface area contributed by atoms with Gasteiger partial charge in [0, 0.05) is 51.3 Å². The van der Waals surface area contributed by atoms with Crippen LogP contribution in [-0.4, -0.2) is 48.3 Å². The summed E-state index contributed by atoms with van der Waals surface area (Å²) in [5, 5.41) is 2.97. The molecule has 3 amide bonds. The van der Waals surface area contributed by atoms with Gasteiger partial charge < -0.3 is 20.9 Å². The van der Waals surface area contributed by atoms with Crippen LogP contribution >= 0.6 is 0 Å². The summed E-state index contributed by atoms with van der Waals surface area (Å²) < 4.78 is 0. The molecule has 0 aromatic heterocycles.